The molecule has 0 spiro atoms. The SMILES string of the molecule is Cc1ccccc1C(=O)Nc1ccc(NCCc2ccccc2F)nc1. The van der Waals surface area contributed by atoms with Crippen LogP contribution in [0.4, 0.5) is 15.9 Å². The molecule has 0 aliphatic carbocycles. The summed E-state index contributed by atoms with van der Waals surface area (Å²) in [6.45, 7) is 2.47. The summed E-state index contributed by atoms with van der Waals surface area (Å²) in [7, 11) is 0. The second kappa shape index (κ2) is 8.25. The second-order valence-corrected chi connectivity index (χ2v) is 5.97. The van der Waals surface area contributed by atoms with E-state index in [0.717, 1.165) is 5.56 Å². The molecule has 1 amide bonds. The summed E-state index contributed by atoms with van der Waals surface area (Å²) < 4.78 is 13.6. The van der Waals surface area contributed by atoms with Gasteiger partial charge in [-0.05, 0) is 48.7 Å². The third-order valence-corrected chi connectivity index (χ3v) is 4.07. The molecule has 5 heteroatoms. The summed E-state index contributed by atoms with van der Waals surface area (Å²) >= 11 is 0. The molecule has 132 valence electrons. The molecule has 1 aromatic heterocycles. The first-order valence-electron chi connectivity index (χ1n) is 8.44. The molecule has 0 aliphatic heterocycles. The van der Waals surface area contributed by atoms with E-state index < -0.39 is 0 Å². The fourth-order valence-corrected chi connectivity index (χ4v) is 2.62. The number of nitrogens with one attached hydrogen (secondary N) is 2. The third-order valence-electron chi connectivity index (χ3n) is 4.07. The zero-order valence-corrected chi connectivity index (χ0v) is 14.5. The minimum absolute atomic E-state index is 0.162. The number of aryl methyl sites for hydroxylation is 1. The summed E-state index contributed by atoms with van der Waals surface area (Å²) in [5.74, 6) is 0.317. The molecule has 3 rings (SSSR count). The molecule has 1 heterocycles. The standard InChI is InChI=1S/C21H20FN3O/c1-15-6-2-4-8-18(15)21(26)25-17-10-11-20(24-14-17)23-13-12-16-7-3-5-9-19(16)22/h2-11,14H,12-13H2,1H3,(H,23,24)(H,25,26). The number of benzene rings is 2. The van der Waals surface area contributed by atoms with Crippen LogP contribution >= 0.6 is 0 Å². The summed E-state index contributed by atoms with van der Waals surface area (Å²) in [6.07, 6.45) is 2.17. The Labute approximate surface area is 152 Å². The Hall–Kier alpha value is -3.21. The fraction of sp³-hybridized carbons (Fsp3) is 0.143. The van der Waals surface area contributed by atoms with Gasteiger partial charge in [-0.3, -0.25) is 4.79 Å². The van der Waals surface area contributed by atoms with Crippen molar-refractivity contribution in [3.05, 3.63) is 89.4 Å². The van der Waals surface area contributed by atoms with E-state index in [2.05, 4.69) is 15.6 Å². The van der Waals surface area contributed by atoms with E-state index in [1.54, 1.807) is 36.5 Å². The van der Waals surface area contributed by atoms with E-state index in [1.165, 1.54) is 6.07 Å². The van der Waals surface area contributed by atoms with Gasteiger partial charge in [-0.1, -0.05) is 36.4 Å². The molecule has 0 saturated heterocycles. The lowest BCUT2D eigenvalue weighted by atomic mass is 10.1. The van der Waals surface area contributed by atoms with Crippen molar-refractivity contribution in [3.8, 4) is 0 Å². The first-order chi connectivity index (χ1) is 12.6. The highest BCUT2D eigenvalue weighted by Crippen LogP contribution is 2.14. The highest BCUT2D eigenvalue weighted by Gasteiger charge is 2.08. The lowest BCUT2D eigenvalue weighted by Gasteiger charge is -2.09. The highest BCUT2D eigenvalue weighted by atomic mass is 19.1. The lowest BCUT2D eigenvalue weighted by Crippen LogP contribution is -2.13. The minimum Gasteiger partial charge on any atom is -0.370 e. The maximum absolute atomic E-state index is 13.6. The Morgan fingerprint density at radius 2 is 1.81 bits per heavy atom. The number of anilines is 2. The van der Waals surface area contributed by atoms with Crippen molar-refractivity contribution in [2.45, 2.75) is 13.3 Å². The van der Waals surface area contributed by atoms with Crippen LogP contribution in [0.2, 0.25) is 0 Å². The third kappa shape index (κ3) is 4.45. The number of carbonyl (C=O) groups is 1. The zero-order chi connectivity index (χ0) is 18.4. The maximum atomic E-state index is 13.6. The lowest BCUT2D eigenvalue weighted by molar-refractivity contribution is 0.102. The molecule has 2 N–H and O–H groups in total. The minimum atomic E-state index is -0.198. The molecule has 4 nitrogen and oxygen atoms in total. The van der Waals surface area contributed by atoms with Crippen molar-refractivity contribution in [1.82, 2.24) is 4.98 Å². The molecule has 0 unspecified atom stereocenters. The second-order valence-electron chi connectivity index (χ2n) is 5.97. The van der Waals surface area contributed by atoms with Crippen LogP contribution in [0.1, 0.15) is 21.5 Å². The van der Waals surface area contributed by atoms with Gasteiger partial charge in [0.1, 0.15) is 11.6 Å². The number of aromatic nitrogens is 1. The average Bonchev–Trinajstić information content (AvgIpc) is 2.65. The predicted molar refractivity (Wildman–Crippen MR) is 102 cm³/mol. The van der Waals surface area contributed by atoms with E-state index in [0.29, 0.717) is 35.6 Å². The topological polar surface area (TPSA) is 54.0 Å². The van der Waals surface area contributed by atoms with Gasteiger partial charge in [0.05, 0.1) is 11.9 Å². The summed E-state index contributed by atoms with van der Waals surface area (Å²) in [6, 6.07) is 17.7. The van der Waals surface area contributed by atoms with Crippen molar-refractivity contribution in [1.29, 1.82) is 0 Å². The van der Waals surface area contributed by atoms with Crippen LogP contribution < -0.4 is 10.6 Å². The van der Waals surface area contributed by atoms with Gasteiger partial charge in [0, 0.05) is 12.1 Å². The number of nitrogens with zero attached hydrogens (tertiary/aromatic N) is 1. The first-order valence-corrected chi connectivity index (χ1v) is 8.44. The van der Waals surface area contributed by atoms with Gasteiger partial charge >= 0.3 is 0 Å². The summed E-state index contributed by atoms with van der Waals surface area (Å²) in [5.41, 5.74) is 2.85. The number of rotatable bonds is 6. The molecule has 0 fully saturated rings. The van der Waals surface area contributed by atoms with E-state index in [4.69, 9.17) is 0 Å². The zero-order valence-electron chi connectivity index (χ0n) is 14.5. The van der Waals surface area contributed by atoms with Crippen molar-refractivity contribution < 1.29 is 9.18 Å². The van der Waals surface area contributed by atoms with Gasteiger partial charge in [0.15, 0.2) is 0 Å². The number of halogens is 1. The van der Waals surface area contributed by atoms with Crippen molar-refractivity contribution >= 4 is 17.4 Å². The number of hydrogen-bond donors (Lipinski definition) is 2. The van der Waals surface area contributed by atoms with Gasteiger partial charge < -0.3 is 10.6 Å². The Morgan fingerprint density at radius 1 is 1.04 bits per heavy atom. The predicted octanol–water partition coefficient (Wildman–Crippen LogP) is 4.44. The molecule has 3 aromatic rings. The Morgan fingerprint density at radius 3 is 2.54 bits per heavy atom. The average molecular weight is 349 g/mol. The van der Waals surface area contributed by atoms with Crippen LogP contribution in [-0.2, 0) is 6.42 Å². The smallest absolute Gasteiger partial charge is 0.255 e. The fourth-order valence-electron chi connectivity index (χ4n) is 2.62. The number of pyridine rings is 1. The first kappa shape index (κ1) is 17.6. The van der Waals surface area contributed by atoms with Crippen LogP contribution in [0.5, 0.6) is 0 Å². The van der Waals surface area contributed by atoms with E-state index >= 15 is 0 Å². The van der Waals surface area contributed by atoms with Crippen LogP contribution in [0.25, 0.3) is 0 Å². The Kier molecular flexibility index (Phi) is 5.59. The highest BCUT2D eigenvalue weighted by molar-refractivity contribution is 6.05. The maximum Gasteiger partial charge on any atom is 0.255 e. The molecule has 0 aliphatic rings. The molecule has 0 bridgehead atoms. The van der Waals surface area contributed by atoms with Gasteiger partial charge in [0.25, 0.3) is 5.91 Å². The van der Waals surface area contributed by atoms with Gasteiger partial charge in [0.2, 0.25) is 0 Å². The Balaban J connectivity index is 1.54. The van der Waals surface area contributed by atoms with Crippen LogP contribution in [0.3, 0.4) is 0 Å². The van der Waals surface area contributed by atoms with E-state index in [-0.39, 0.29) is 11.7 Å². The quantitative estimate of drug-likeness (QED) is 0.692. The van der Waals surface area contributed by atoms with E-state index in [1.807, 2.05) is 31.2 Å². The van der Waals surface area contributed by atoms with Crippen molar-refractivity contribution in [3.63, 3.8) is 0 Å². The largest absolute Gasteiger partial charge is 0.370 e. The van der Waals surface area contributed by atoms with Crippen molar-refractivity contribution in [2.24, 2.45) is 0 Å². The number of hydrogen-bond acceptors (Lipinski definition) is 3. The molecule has 0 atom stereocenters. The van der Waals surface area contributed by atoms with Gasteiger partial charge in [-0.15, -0.1) is 0 Å². The molecule has 0 radical (unpaired) electrons. The van der Waals surface area contributed by atoms with Crippen molar-refractivity contribution in [2.75, 3.05) is 17.2 Å². The van der Waals surface area contributed by atoms with Crippen LogP contribution in [0.15, 0.2) is 66.9 Å². The van der Waals surface area contributed by atoms with Gasteiger partial charge in [-0.2, -0.15) is 0 Å². The molecular weight excluding hydrogens is 329 g/mol. The van der Waals surface area contributed by atoms with E-state index in [9.17, 15) is 9.18 Å². The molecule has 0 saturated carbocycles. The summed E-state index contributed by atoms with van der Waals surface area (Å²) in [5, 5.41) is 5.99. The molecule has 26 heavy (non-hydrogen) atoms. The Bertz CT molecular complexity index is 894. The van der Waals surface area contributed by atoms with Crippen LogP contribution in [-0.4, -0.2) is 17.4 Å². The number of amides is 1. The molecule has 2 aromatic carbocycles. The monoisotopic (exact) mass is 349 g/mol. The number of carbonyl (C=O) groups excluding carboxylic acids is 1. The normalized spacial score (nSPS) is 10.4. The van der Waals surface area contributed by atoms with Crippen LogP contribution in [0, 0.1) is 12.7 Å². The molecular formula is C21H20FN3O. The summed E-state index contributed by atoms with van der Waals surface area (Å²) in [4.78, 5) is 16.6. The van der Waals surface area contributed by atoms with Gasteiger partial charge in [-0.25, -0.2) is 9.37 Å².